The van der Waals surface area contributed by atoms with Crippen LogP contribution in [0.2, 0.25) is 5.02 Å². The van der Waals surface area contributed by atoms with Gasteiger partial charge in [0.15, 0.2) is 23.2 Å². The lowest BCUT2D eigenvalue weighted by molar-refractivity contribution is -0.137. The second kappa shape index (κ2) is 15.9. The molecule has 0 saturated heterocycles. The number of nitrogens with zero attached hydrogens (tertiary/aromatic N) is 5. The van der Waals surface area contributed by atoms with Crippen molar-refractivity contribution in [2.45, 2.75) is 39.2 Å². The largest absolute Gasteiger partial charge is 0.497 e. The average Bonchev–Trinajstić information content (AvgIpc) is 3.36. The van der Waals surface area contributed by atoms with Crippen LogP contribution < -0.4 is 30.2 Å². The van der Waals surface area contributed by atoms with Crippen LogP contribution in [0.5, 0.6) is 17.2 Å². The van der Waals surface area contributed by atoms with Gasteiger partial charge in [-0.25, -0.2) is 23.7 Å². The fraction of sp³-hybridized carbons (Fsp3) is 0.231. The summed E-state index contributed by atoms with van der Waals surface area (Å²) in [6, 6.07) is 13.5. The van der Waals surface area contributed by atoms with Gasteiger partial charge in [0.05, 0.1) is 59.6 Å². The summed E-state index contributed by atoms with van der Waals surface area (Å²) < 4.78 is 93.4. The summed E-state index contributed by atoms with van der Waals surface area (Å²) in [7, 11) is 3.08. The van der Waals surface area contributed by atoms with E-state index < -0.39 is 62.8 Å². The van der Waals surface area contributed by atoms with Gasteiger partial charge < -0.3 is 35.1 Å². The molecule has 0 saturated carbocycles. The van der Waals surface area contributed by atoms with Gasteiger partial charge in [0.2, 0.25) is 5.22 Å². The van der Waals surface area contributed by atoms with Crippen LogP contribution in [0.4, 0.5) is 39.3 Å². The van der Waals surface area contributed by atoms with Crippen LogP contribution in [-0.2, 0) is 19.3 Å². The third-order valence-electron chi connectivity index (χ3n) is 9.40. The molecule has 18 heteroatoms. The minimum atomic E-state index is -5.18. The molecule has 3 aromatic carbocycles. The molecule has 0 fully saturated rings. The smallest absolute Gasteiger partial charge is 0.418 e. The maximum atomic E-state index is 17.1. The van der Waals surface area contributed by atoms with Crippen LogP contribution in [0.15, 0.2) is 77.3 Å². The molecule has 0 amide bonds. The summed E-state index contributed by atoms with van der Waals surface area (Å²) in [5, 5.41) is 8.15. The lowest BCUT2D eigenvalue weighted by atomic mass is 9.95. The Kier molecular flexibility index (Phi) is 11.0. The Bertz CT molecular complexity index is 2400. The number of hydrogen-bond donors (Lipinski definition) is 3. The molecule has 11 nitrogen and oxygen atoms in total. The summed E-state index contributed by atoms with van der Waals surface area (Å²) in [5.74, 6) is -1.90. The molecule has 296 valence electrons. The SMILES string of the molecule is COc1ccc(CNc2nccnc2C(C)N2C=C(Cl)Oc3c(F)c(-c4nc(NCc5ccc(OC)cc5)c(F)c(C)c4C(F)(F)F)c(Cl)c4c3C2=NCN4)cc1. The van der Waals surface area contributed by atoms with Crippen molar-refractivity contribution in [2.75, 3.05) is 36.8 Å². The molecule has 0 aliphatic carbocycles. The number of amidine groups is 1. The molecule has 4 heterocycles. The van der Waals surface area contributed by atoms with E-state index in [2.05, 4.69) is 35.9 Å². The normalized spacial score (nSPS) is 14.0. The van der Waals surface area contributed by atoms with Crippen molar-refractivity contribution in [2.24, 2.45) is 4.99 Å². The van der Waals surface area contributed by atoms with E-state index in [0.29, 0.717) is 35.1 Å². The van der Waals surface area contributed by atoms with Crippen molar-refractivity contribution in [3.63, 3.8) is 0 Å². The maximum Gasteiger partial charge on any atom is 0.418 e. The van der Waals surface area contributed by atoms with E-state index in [9.17, 15) is 13.2 Å². The summed E-state index contributed by atoms with van der Waals surface area (Å²) in [6.07, 6.45) is -0.792. The van der Waals surface area contributed by atoms with Crippen LogP contribution in [0.1, 0.15) is 46.5 Å². The maximum absolute atomic E-state index is 17.1. The molecule has 2 aliphatic heterocycles. The first-order valence-corrected chi connectivity index (χ1v) is 18.1. The number of ether oxygens (including phenoxy) is 3. The molecule has 0 radical (unpaired) electrons. The van der Waals surface area contributed by atoms with E-state index in [1.807, 2.05) is 24.3 Å². The van der Waals surface area contributed by atoms with Crippen molar-refractivity contribution < 1.29 is 36.2 Å². The second-order valence-electron chi connectivity index (χ2n) is 12.8. The van der Waals surface area contributed by atoms with Crippen LogP contribution in [0.25, 0.3) is 11.3 Å². The van der Waals surface area contributed by atoms with Crippen LogP contribution in [0, 0.1) is 18.6 Å². The van der Waals surface area contributed by atoms with Gasteiger partial charge in [-0.3, -0.25) is 4.98 Å². The minimum absolute atomic E-state index is 0.00771. The van der Waals surface area contributed by atoms with Gasteiger partial charge in [0.25, 0.3) is 0 Å². The monoisotopic (exact) mass is 826 g/mol. The van der Waals surface area contributed by atoms with Gasteiger partial charge >= 0.3 is 6.18 Å². The molecular weight excluding hydrogens is 794 g/mol. The number of halogens is 7. The lowest BCUT2D eigenvalue weighted by Gasteiger charge is -2.32. The lowest BCUT2D eigenvalue weighted by Crippen LogP contribution is -2.33. The number of alkyl halides is 3. The fourth-order valence-electron chi connectivity index (χ4n) is 6.53. The number of rotatable bonds is 11. The fourth-order valence-corrected chi connectivity index (χ4v) is 7.05. The molecule has 57 heavy (non-hydrogen) atoms. The van der Waals surface area contributed by atoms with Crippen LogP contribution in [0.3, 0.4) is 0 Å². The number of pyridine rings is 1. The van der Waals surface area contributed by atoms with Crippen LogP contribution >= 0.6 is 23.2 Å². The van der Waals surface area contributed by atoms with Crippen molar-refractivity contribution >= 4 is 46.4 Å². The molecule has 0 spiro atoms. The van der Waals surface area contributed by atoms with E-state index in [1.165, 1.54) is 25.7 Å². The average molecular weight is 828 g/mol. The molecule has 7 rings (SSSR count). The Morgan fingerprint density at radius 2 is 1.47 bits per heavy atom. The highest BCUT2D eigenvalue weighted by Crippen LogP contribution is 2.51. The van der Waals surface area contributed by atoms with Gasteiger partial charge in [-0.1, -0.05) is 35.9 Å². The van der Waals surface area contributed by atoms with Gasteiger partial charge in [-0.05, 0) is 60.8 Å². The third-order valence-corrected chi connectivity index (χ3v) is 9.95. The molecule has 3 N–H and O–H groups in total. The first-order valence-electron chi connectivity index (χ1n) is 17.3. The van der Waals surface area contributed by atoms with Gasteiger partial charge in [0, 0.05) is 31.0 Å². The number of anilines is 3. The summed E-state index contributed by atoms with van der Waals surface area (Å²) in [5.41, 5.74) is -2.08. The Morgan fingerprint density at radius 3 is 2.07 bits per heavy atom. The van der Waals surface area contributed by atoms with E-state index in [1.54, 1.807) is 43.2 Å². The summed E-state index contributed by atoms with van der Waals surface area (Å²) in [4.78, 5) is 19.3. The number of nitrogens with one attached hydrogen (secondary N) is 3. The van der Waals surface area contributed by atoms with Crippen molar-refractivity contribution in [1.29, 1.82) is 0 Å². The Balaban J connectivity index is 1.29. The van der Waals surface area contributed by atoms with Crippen LogP contribution in [-0.4, -0.2) is 46.6 Å². The topological polar surface area (TPSA) is 118 Å². The molecule has 5 aromatic rings. The van der Waals surface area contributed by atoms with Crippen molar-refractivity contribution in [3.8, 4) is 28.5 Å². The number of aliphatic imine (C=N–C) groups is 1. The quantitative estimate of drug-likeness (QED) is 0.111. The number of benzene rings is 3. The van der Waals surface area contributed by atoms with Crippen molar-refractivity contribution in [3.05, 3.63) is 123 Å². The van der Waals surface area contributed by atoms with Gasteiger partial charge in [-0.2, -0.15) is 13.2 Å². The predicted molar refractivity (Wildman–Crippen MR) is 207 cm³/mol. The standard InChI is InChI=1S/C39H33Cl2F5N8O3/c1-19-28(39(44,45)46)33(53-36(30(19)42)49-15-21-5-9-23(55-3)10-6-21)26-29(41)34-27-35(31(26)43)57-25(40)17-54(38(27)52-18-51-34)20(2)32-37(48-14-13-47-32)50-16-22-7-11-24(56-4)12-8-22/h5-14,17,20,51H,15-16,18H2,1-4H3,(H,48,50)(H,49,53). The third kappa shape index (κ3) is 7.66. The molecule has 1 unspecified atom stereocenters. The predicted octanol–water partition coefficient (Wildman–Crippen LogP) is 9.66. The number of hydrogen-bond acceptors (Lipinski definition) is 11. The molecule has 2 aliphatic rings. The van der Waals surface area contributed by atoms with Gasteiger partial charge in [-0.15, -0.1) is 0 Å². The second-order valence-corrected chi connectivity index (χ2v) is 13.6. The summed E-state index contributed by atoms with van der Waals surface area (Å²) >= 11 is 13.5. The zero-order valence-electron chi connectivity index (χ0n) is 30.7. The molecular formula is C39H33Cl2F5N8O3. The Hall–Kier alpha value is -5.87. The number of methoxy groups -OCH3 is 2. The van der Waals surface area contributed by atoms with E-state index in [0.717, 1.165) is 12.5 Å². The minimum Gasteiger partial charge on any atom is -0.497 e. The summed E-state index contributed by atoms with van der Waals surface area (Å²) in [6.45, 7) is 2.95. The van der Waals surface area contributed by atoms with Gasteiger partial charge in [0.1, 0.15) is 35.5 Å². The van der Waals surface area contributed by atoms with E-state index in [-0.39, 0.29) is 35.5 Å². The van der Waals surface area contributed by atoms with Crippen molar-refractivity contribution in [1.82, 2.24) is 19.9 Å². The highest BCUT2D eigenvalue weighted by atomic mass is 35.5. The Labute approximate surface area is 333 Å². The highest BCUT2D eigenvalue weighted by molar-refractivity contribution is 6.37. The molecule has 1 atom stereocenters. The highest BCUT2D eigenvalue weighted by Gasteiger charge is 2.43. The zero-order chi connectivity index (χ0) is 40.6. The first kappa shape index (κ1) is 39.4. The molecule has 0 bridgehead atoms. The van der Waals surface area contributed by atoms with E-state index >= 15 is 8.78 Å². The number of aromatic nitrogens is 3. The first-order chi connectivity index (χ1) is 27.3. The Morgan fingerprint density at radius 1 is 0.877 bits per heavy atom. The van der Waals surface area contributed by atoms with E-state index in [4.69, 9.17) is 37.4 Å². The zero-order valence-corrected chi connectivity index (χ0v) is 32.2. The molecule has 2 aromatic heterocycles.